The summed E-state index contributed by atoms with van der Waals surface area (Å²) in [5, 5.41) is 3.45. The second-order valence-electron chi connectivity index (χ2n) is 3.52. The Bertz CT molecular complexity index is 331. The highest BCUT2D eigenvalue weighted by molar-refractivity contribution is 7.14. The number of hydrogen-bond acceptors (Lipinski definition) is 4. The molecule has 1 amide bonds. The number of aromatic nitrogens is 1. The van der Waals surface area contributed by atoms with Crippen molar-refractivity contribution in [1.29, 1.82) is 0 Å². The maximum Gasteiger partial charge on any atom is 0.273 e. The zero-order valence-corrected chi connectivity index (χ0v) is 8.64. The fraction of sp³-hybridized carbons (Fsp3) is 0.556. The number of nitrogens with zero attached hydrogens (tertiary/aromatic N) is 1. The van der Waals surface area contributed by atoms with Gasteiger partial charge in [-0.15, -0.1) is 11.3 Å². The van der Waals surface area contributed by atoms with E-state index >= 15 is 0 Å². The molecular weight excluding hydrogens is 198 g/mol. The Morgan fingerprint density at radius 1 is 1.57 bits per heavy atom. The van der Waals surface area contributed by atoms with Gasteiger partial charge >= 0.3 is 0 Å². The van der Waals surface area contributed by atoms with Crippen LogP contribution in [0, 0.1) is 0 Å². The highest BCUT2D eigenvalue weighted by Gasteiger charge is 2.20. The molecule has 5 heteroatoms. The van der Waals surface area contributed by atoms with Gasteiger partial charge in [-0.25, -0.2) is 4.98 Å². The molecule has 3 N–H and O–H groups in total. The molecule has 1 aromatic heterocycles. The highest BCUT2D eigenvalue weighted by Crippen LogP contribution is 2.20. The lowest BCUT2D eigenvalue weighted by molar-refractivity contribution is 0.0934. The Kier molecular flexibility index (Phi) is 2.67. The summed E-state index contributed by atoms with van der Waals surface area (Å²) in [6, 6.07) is 0.323. The first-order chi connectivity index (χ1) is 6.77. The summed E-state index contributed by atoms with van der Waals surface area (Å²) in [5.74, 6) is -0.129. The van der Waals surface area contributed by atoms with Gasteiger partial charge in [-0.2, -0.15) is 0 Å². The van der Waals surface area contributed by atoms with Gasteiger partial charge in [0.05, 0.1) is 5.51 Å². The highest BCUT2D eigenvalue weighted by atomic mass is 32.1. The molecule has 0 saturated heterocycles. The van der Waals surface area contributed by atoms with E-state index in [1.54, 1.807) is 5.51 Å². The molecule has 0 unspecified atom stereocenters. The molecule has 0 bridgehead atoms. The van der Waals surface area contributed by atoms with Crippen LogP contribution in [0.2, 0.25) is 0 Å². The number of carbonyl (C=O) groups excluding carboxylic acids is 1. The largest absolute Gasteiger partial charge is 0.389 e. The van der Waals surface area contributed by atoms with E-state index in [1.807, 2.05) is 0 Å². The first-order valence-corrected chi connectivity index (χ1v) is 5.65. The third-order valence-electron chi connectivity index (χ3n) is 2.50. The summed E-state index contributed by atoms with van der Waals surface area (Å²) in [5.41, 5.74) is 7.58. The zero-order chi connectivity index (χ0) is 9.97. The Labute approximate surface area is 86.5 Å². The van der Waals surface area contributed by atoms with Crippen molar-refractivity contribution in [1.82, 2.24) is 10.3 Å². The molecule has 4 nitrogen and oxygen atoms in total. The van der Waals surface area contributed by atoms with Crippen LogP contribution in [-0.2, 0) is 0 Å². The number of nitrogens with one attached hydrogen (secondary N) is 1. The first-order valence-electron chi connectivity index (χ1n) is 4.77. The standard InChI is InChI=1S/C9H13N3OS/c10-8-7(11-5-14-8)9(13)12-6-3-1-2-4-6/h5-6H,1-4,10H2,(H,12,13). The molecule has 1 aliphatic rings. The second-order valence-corrected chi connectivity index (χ2v) is 4.41. The van der Waals surface area contributed by atoms with Crippen LogP contribution >= 0.6 is 11.3 Å². The summed E-state index contributed by atoms with van der Waals surface area (Å²) in [6.45, 7) is 0. The lowest BCUT2D eigenvalue weighted by Crippen LogP contribution is -2.33. The van der Waals surface area contributed by atoms with Crippen molar-refractivity contribution in [2.45, 2.75) is 31.7 Å². The van der Waals surface area contributed by atoms with Gasteiger partial charge in [-0.05, 0) is 12.8 Å². The molecule has 0 radical (unpaired) electrons. The van der Waals surface area contributed by atoms with Gasteiger partial charge in [0.25, 0.3) is 5.91 Å². The number of carbonyl (C=O) groups is 1. The average Bonchev–Trinajstić information content (AvgIpc) is 2.75. The van der Waals surface area contributed by atoms with Crippen LogP contribution in [0.1, 0.15) is 36.2 Å². The van der Waals surface area contributed by atoms with E-state index < -0.39 is 0 Å². The van der Waals surface area contributed by atoms with Crippen molar-refractivity contribution in [2.24, 2.45) is 0 Å². The van der Waals surface area contributed by atoms with Crippen molar-refractivity contribution >= 4 is 22.2 Å². The van der Waals surface area contributed by atoms with Crippen LogP contribution in [0.5, 0.6) is 0 Å². The number of nitrogen functional groups attached to an aromatic ring is 1. The molecule has 2 rings (SSSR count). The molecule has 1 aliphatic carbocycles. The fourth-order valence-corrected chi connectivity index (χ4v) is 2.28. The number of amides is 1. The van der Waals surface area contributed by atoms with Crippen LogP contribution in [0.15, 0.2) is 5.51 Å². The van der Waals surface area contributed by atoms with Crippen LogP contribution in [0.4, 0.5) is 5.00 Å². The Hall–Kier alpha value is -1.10. The monoisotopic (exact) mass is 211 g/mol. The minimum atomic E-state index is -0.129. The zero-order valence-electron chi connectivity index (χ0n) is 7.82. The molecule has 1 heterocycles. The first kappa shape index (κ1) is 9.45. The number of anilines is 1. The van der Waals surface area contributed by atoms with E-state index in [0.29, 0.717) is 16.7 Å². The molecule has 76 valence electrons. The van der Waals surface area contributed by atoms with E-state index in [4.69, 9.17) is 5.73 Å². The molecule has 1 fully saturated rings. The molecule has 14 heavy (non-hydrogen) atoms. The number of nitrogens with two attached hydrogens (primary N) is 1. The van der Waals surface area contributed by atoms with E-state index in [0.717, 1.165) is 12.8 Å². The van der Waals surface area contributed by atoms with Crippen molar-refractivity contribution in [3.8, 4) is 0 Å². The number of thiazole rings is 1. The van der Waals surface area contributed by atoms with Gasteiger partial charge in [0, 0.05) is 6.04 Å². The molecule has 0 aromatic carbocycles. The maximum atomic E-state index is 11.6. The van der Waals surface area contributed by atoms with Crippen molar-refractivity contribution < 1.29 is 4.79 Å². The van der Waals surface area contributed by atoms with E-state index in [2.05, 4.69) is 10.3 Å². The Balaban J connectivity index is 1.98. The summed E-state index contributed by atoms with van der Waals surface area (Å²) in [6.07, 6.45) is 4.57. The average molecular weight is 211 g/mol. The lowest BCUT2D eigenvalue weighted by Gasteiger charge is -2.10. The summed E-state index contributed by atoms with van der Waals surface area (Å²) < 4.78 is 0. The van der Waals surface area contributed by atoms with Crippen LogP contribution in [0.25, 0.3) is 0 Å². The van der Waals surface area contributed by atoms with Gasteiger partial charge in [-0.1, -0.05) is 12.8 Å². The molecule has 0 atom stereocenters. The third kappa shape index (κ3) is 1.87. The van der Waals surface area contributed by atoms with E-state index in [9.17, 15) is 4.79 Å². The molecular formula is C9H13N3OS. The van der Waals surface area contributed by atoms with E-state index in [-0.39, 0.29) is 5.91 Å². The van der Waals surface area contributed by atoms with Crippen LogP contribution in [-0.4, -0.2) is 16.9 Å². The summed E-state index contributed by atoms with van der Waals surface area (Å²) >= 11 is 1.30. The van der Waals surface area contributed by atoms with Crippen LogP contribution in [0.3, 0.4) is 0 Å². The quantitative estimate of drug-likeness (QED) is 0.777. The van der Waals surface area contributed by atoms with Crippen molar-refractivity contribution in [2.75, 3.05) is 5.73 Å². The van der Waals surface area contributed by atoms with Gasteiger partial charge in [0.2, 0.25) is 0 Å². The SMILES string of the molecule is Nc1scnc1C(=O)NC1CCCC1. The number of hydrogen-bond donors (Lipinski definition) is 2. The summed E-state index contributed by atoms with van der Waals surface area (Å²) in [4.78, 5) is 15.6. The predicted octanol–water partition coefficient (Wildman–Crippen LogP) is 1.40. The maximum absolute atomic E-state index is 11.6. The second kappa shape index (κ2) is 3.96. The van der Waals surface area contributed by atoms with Gasteiger partial charge in [0.1, 0.15) is 5.00 Å². The van der Waals surface area contributed by atoms with Crippen LogP contribution < -0.4 is 11.1 Å². The van der Waals surface area contributed by atoms with Crippen molar-refractivity contribution in [3.63, 3.8) is 0 Å². The molecule has 0 aliphatic heterocycles. The minimum Gasteiger partial charge on any atom is -0.389 e. The lowest BCUT2D eigenvalue weighted by atomic mass is 10.2. The van der Waals surface area contributed by atoms with Gasteiger partial charge < -0.3 is 11.1 Å². The van der Waals surface area contributed by atoms with Gasteiger partial charge in [-0.3, -0.25) is 4.79 Å². The normalized spacial score (nSPS) is 17.1. The summed E-state index contributed by atoms with van der Waals surface area (Å²) in [7, 11) is 0. The molecule has 1 saturated carbocycles. The topological polar surface area (TPSA) is 68.0 Å². The van der Waals surface area contributed by atoms with Crippen molar-refractivity contribution in [3.05, 3.63) is 11.2 Å². The fourth-order valence-electron chi connectivity index (χ4n) is 1.75. The minimum absolute atomic E-state index is 0.129. The molecule has 0 spiro atoms. The van der Waals surface area contributed by atoms with E-state index in [1.165, 1.54) is 24.2 Å². The van der Waals surface area contributed by atoms with Gasteiger partial charge in [0.15, 0.2) is 5.69 Å². The smallest absolute Gasteiger partial charge is 0.273 e. The third-order valence-corrected chi connectivity index (χ3v) is 3.16. The Morgan fingerprint density at radius 2 is 2.29 bits per heavy atom. The Morgan fingerprint density at radius 3 is 2.86 bits per heavy atom. The predicted molar refractivity (Wildman–Crippen MR) is 56.2 cm³/mol. The number of rotatable bonds is 2. The molecule has 1 aromatic rings.